The first-order valence-corrected chi connectivity index (χ1v) is 4.71. The van der Waals surface area contributed by atoms with Crippen molar-refractivity contribution in [1.82, 2.24) is 0 Å². The maximum absolute atomic E-state index is 11.4. The predicted octanol–water partition coefficient (Wildman–Crippen LogP) is 2.47. The molecule has 68 valence electrons. The third-order valence-electron chi connectivity index (χ3n) is 2.21. The van der Waals surface area contributed by atoms with Crippen LogP contribution in [0.1, 0.15) is 12.8 Å². The molecule has 0 atom stereocenters. The number of anilines is 1. The highest BCUT2D eigenvalue weighted by Crippen LogP contribution is 2.22. The van der Waals surface area contributed by atoms with Gasteiger partial charge in [-0.1, -0.05) is 11.6 Å². The predicted molar refractivity (Wildman–Crippen MR) is 53.0 cm³/mol. The molecule has 1 saturated heterocycles. The van der Waals surface area contributed by atoms with Gasteiger partial charge in [0.15, 0.2) is 0 Å². The molecule has 0 unspecified atom stereocenters. The highest BCUT2D eigenvalue weighted by Gasteiger charge is 2.21. The second kappa shape index (κ2) is 3.38. The number of hydrogen-bond acceptors (Lipinski definition) is 1. The summed E-state index contributed by atoms with van der Waals surface area (Å²) < 4.78 is 0. The molecular weight excluding hydrogens is 186 g/mol. The highest BCUT2D eigenvalue weighted by atomic mass is 35.5. The lowest BCUT2D eigenvalue weighted by molar-refractivity contribution is -0.117. The molecule has 1 aliphatic heterocycles. The minimum absolute atomic E-state index is 0.210. The van der Waals surface area contributed by atoms with Crippen molar-refractivity contribution in [3.05, 3.63) is 29.3 Å². The molecule has 0 saturated carbocycles. The van der Waals surface area contributed by atoms with Gasteiger partial charge in [0.25, 0.3) is 0 Å². The molecule has 13 heavy (non-hydrogen) atoms. The van der Waals surface area contributed by atoms with Crippen molar-refractivity contribution in [3.63, 3.8) is 0 Å². The average Bonchev–Trinajstić information content (AvgIpc) is 2.53. The van der Waals surface area contributed by atoms with Gasteiger partial charge in [-0.15, -0.1) is 0 Å². The zero-order chi connectivity index (χ0) is 9.26. The maximum Gasteiger partial charge on any atom is 0.227 e. The summed E-state index contributed by atoms with van der Waals surface area (Å²) in [5, 5.41) is 0.704. The van der Waals surface area contributed by atoms with Crippen LogP contribution >= 0.6 is 11.6 Å². The monoisotopic (exact) mass is 195 g/mol. The molecule has 0 radical (unpaired) electrons. The van der Waals surface area contributed by atoms with Crippen molar-refractivity contribution in [1.29, 1.82) is 0 Å². The molecule has 2 nitrogen and oxygen atoms in total. The van der Waals surface area contributed by atoms with E-state index in [-0.39, 0.29) is 5.91 Å². The summed E-state index contributed by atoms with van der Waals surface area (Å²) in [7, 11) is 0. The summed E-state index contributed by atoms with van der Waals surface area (Å²) in [4.78, 5) is 13.2. The fourth-order valence-corrected chi connectivity index (χ4v) is 1.67. The molecule has 0 bridgehead atoms. The van der Waals surface area contributed by atoms with Crippen molar-refractivity contribution in [2.75, 3.05) is 11.4 Å². The van der Waals surface area contributed by atoms with Gasteiger partial charge in [0.05, 0.1) is 0 Å². The zero-order valence-corrected chi connectivity index (χ0v) is 7.92. The minimum atomic E-state index is 0.210. The Balaban J connectivity index is 2.25. The molecule has 2 rings (SSSR count). The van der Waals surface area contributed by atoms with Crippen molar-refractivity contribution < 1.29 is 4.79 Å². The lowest BCUT2D eigenvalue weighted by Gasteiger charge is -2.15. The summed E-state index contributed by atoms with van der Waals surface area (Å²) in [6.07, 6.45) is 1.63. The Kier molecular flexibility index (Phi) is 2.23. The van der Waals surface area contributed by atoms with Crippen LogP contribution in [0.25, 0.3) is 0 Å². The first kappa shape index (κ1) is 8.57. The van der Waals surface area contributed by atoms with Crippen LogP contribution < -0.4 is 4.90 Å². The number of rotatable bonds is 1. The average molecular weight is 196 g/mol. The molecular formula is C10H10ClNO. The third-order valence-corrected chi connectivity index (χ3v) is 2.46. The maximum atomic E-state index is 11.4. The van der Waals surface area contributed by atoms with E-state index in [0.717, 1.165) is 18.7 Å². The molecule has 0 N–H and O–H groups in total. The van der Waals surface area contributed by atoms with Crippen LogP contribution in [0.4, 0.5) is 5.69 Å². The fraction of sp³-hybridized carbons (Fsp3) is 0.300. The van der Waals surface area contributed by atoms with Crippen molar-refractivity contribution in [2.45, 2.75) is 12.8 Å². The zero-order valence-electron chi connectivity index (χ0n) is 7.16. The molecule has 1 aliphatic rings. The number of hydrogen-bond donors (Lipinski definition) is 0. The van der Waals surface area contributed by atoms with Crippen LogP contribution in [0.15, 0.2) is 24.3 Å². The normalized spacial score (nSPS) is 16.7. The molecule has 0 spiro atoms. The van der Waals surface area contributed by atoms with Gasteiger partial charge in [-0.05, 0) is 30.7 Å². The van der Waals surface area contributed by atoms with E-state index in [1.807, 2.05) is 24.3 Å². The van der Waals surface area contributed by atoms with E-state index in [9.17, 15) is 4.79 Å². The number of halogens is 1. The SMILES string of the molecule is O=C1CCCN1c1ccc(Cl)cc1. The molecule has 0 aliphatic carbocycles. The van der Waals surface area contributed by atoms with E-state index in [4.69, 9.17) is 11.6 Å². The van der Waals surface area contributed by atoms with Crippen molar-refractivity contribution in [3.8, 4) is 0 Å². The first-order valence-electron chi connectivity index (χ1n) is 4.33. The largest absolute Gasteiger partial charge is 0.312 e. The molecule has 1 amide bonds. The summed E-state index contributed by atoms with van der Waals surface area (Å²) in [6, 6.07) is 7.38. The van der Waals surface area contributed by atoms with E-state index < -0.39 is 0 Å². The summed E-state index contributed by atoms with van der Waals surface area (Å²) in [6.45, 7) is 0.834. The Morgan fingerprint density at radius 1 is 1.23 bits per heavy atom. The Morgan fingerprint density at radius 3 is 2.46 bits per heavy atom. The first-order chi connectivity index (χ1) is 6.27. The van der Waals surface area contributed by atoms with Gasteiger partial charge in [0.2, 0.25) is 5.91 Å². The van der Waals surface area contributed by atoms with Crippen LogP contribution in [0, 0.1) is 0 Å². The molecule has 0 aromatic heterocycles. The lowest BCUT2D eigenvalue weighted by Crippen LogP contribution is -2.23. The van der Waals surface area contributed by atoms with Gasteiger partial charge in [-0.25, -0.2) is 0 Å². The number of carbonyl (C=O) groups excluding carboxylic acids is 1. The van der Waals surface area contributed by atoms with E-state index in [2.05, 4.69) is 0 Å². The third kappa shape index (κ3) is 1.68. The van der Waals surface area contributed by atoms with Gasteiger partial charge in [0.1, 0.15) is 0 Å². The summed E-state index contributed by atoms with van der Waals surface area (Å²) >= 11 is 5.75. The fourth-order valence-electron chi connectivity index (χ4n) is 1.54. The number of benzene rings is 1. The summed E-state index contributed by atoms with van der Waals surface area (Å²) in [5.74, 6) is 0.210. The van der Waals surface area contributed by atoms with E-state index in [0.29, 0.717) is 11.4 Å². The Labute approximate surface area is 82.1 Å². The van der Waals surface area contributed by atoms with E-state index >= 15 is 0 Å². The highest BCUT2D eigenvalue weighted by molar-refractivity contribution is 6.30. The second-order valence-corrected chi connectivity index (χ2v) is 3.56. The van der Waals surface area contributed by atoms with Gasteiger partial charge in [0, 0.05) is 23.7 Å². The number of nitrogens with zero attached hydrogens (tertiary/aromatic N) is 1. The summed E-state index contributed by atoms with van der Waals surface area (Å²) in [5.41, 5.74) is 0.951. The van der Waals surface area contributed by atoms with Gasteiger partial charge in [-0.2, -0.15) is 0 Å². The Bertz CT molecular complexity index is 320. The molecule has 1 fully saturated rings. The van der Waals surface area contributed by atoms with Crippen LogP contribution in [0.3, 0.4) is 0 Å². The number of carbonyl (C=O) groups is 1. The lowest BCUT2D eigenvalue weighted by atomic mass is 10.3. The standard InChI is InChI=1S/C10H10ClNO/c11-8-3-5-9(6-4-8)12-7-1-2-10(12)13/h3-6H,1-2,7H2. The quantitative estimate of drug-likeness (QED) is 0.674. The molecule has 3 heteroatoms. The minimum Gasteiger partial charge on any atom is -0.312 e. The molecule has 1 heterocycles. The van der Waals surface area contributed by atoms with Crippen LogP contribution in [0.5, 0.6) is 0 Å². The topological polar surface area (TPSA) is 20.3 Å². The van der Waals surface area contributed by atoms with Crippen LogP contribution in [-0.2, 0) is 4.79 Å². The van der Waals surface area contributed by atoms with Crippen molar-refractivity contribution >= 4 is 23.2 Å². The van der Waals surface area contributed by atoms with Crippen LogP contribution in [0.2, 0.25) is 5.02 Å². The van der Waals surface area contributed by atoms with Crippen LogP contribution in [-0.4, -0.2) is 12.5 Å². The van der Waals surface area contributed by atoms with E-state index in [1.54, 1.807) is 4.90 Å². The Morgan fingerprint density at radius 2 is 1.92 bits per heavy atom. The van der Waals surface area contributed by atoms with Crippen molar-refractivity contribution in [2.24, 2.45) is 0 Å². The second-order valence-electron chi connectivity index (χ2n) is 3.13. The Hall–Kier alpha value is -1.02. The van der Waals surface area contributed by atoms with E-state index in [1.165, 1.54) is 0 Å². The number of amides is 1. The smallest absolute Gasteiger partial charge is 0.227 e. The van der Waals surface area contributed by atoms with Gasteiger partial charge < -0.3 is 4.90 Å². The molecule has 1 aromatic rings. The van der Waals surface area contributed by atoms with Gasteiger partial charge in [-0.3, -0.25) is 4.79 Å². The molecule has 1 aromatic carbocycles. The van der Waals surface area contributed by atoms with Gasteiger partial charge >= 0.3 is 0 Å².